The van der Waals surface area contributed by atoms with Gasteiger partial charge < -0.3 is 5.32 Å². The van der Waals surface area contributed by atoms with Crippen LogP contribution in [0.5, 0.6) is 0 Å². The maximum Gasteiger partial charge on any atom is 0.237 e. The van der Waals surface area contributed by atoms with Gasteiger partial charge in [-0.2, -0.15) is 0 Å². The molecule has 1 N–H and O–H groups in total. The summed E-state index contributed by atoms with van der Waals surface area (Å²) < 4.78 is 0. The van der Waals surface area contributed by atoms with Crippen molar-refractivity contribution in [1.29, 1.82) is 0 Å². The summed E-state index contributed by atoms with van der Waals surface area (Å²) in [7, 11) is 0. The Bertz CT molecular complexity index is 674. The van der Waals surface area contributed by atoms with E-state index in [1.165, 1.54) is 11.1 Å². The van der Waals surface area contributed by atoms with Gasteiger partial charge >= 0.3 is 0 Å². The summed E-state index contributed by atoms with van der Waals surface area (Å²) in [4.78, 5) is 13.6. The molecule has 0 aliphatic carbocycles. The van der Waals surface area contributed by atoms with Gasteiger partial charge in [-0.3, -0.25) is 4.79 Å². The molecule has 0 heterocycles. The molecule has 3 heteroatoms. The molecule has 0 bridgehead atoms. The number of anilines is 1. The summed E-state index contributed by atoms with van der Waals surface area (Å²) in [5.74, 6) is 0.0439. The highest BCUT2D eigenvalue weighted by atomic mass is 32.2. The molecule has 0 saturated heterocycles. The SMILES string of the molecule is Cc1ccc(S[C@@H](C)C(=O)Nc2c(C)cccc2C)c(C)c1. The Kier molecular flexibility index (Phi) is 5.30. The third kappa shape index (κ3) is 3.92. The number of benzene rings is 2. The highest BCUT2D eigenvalue weighted by Crippen LogP contribution is 2.28. The second kappa shape index (κ2) is 7.01. The van der Waals surface area contributed by atoms with Crippen LogP contribution in [0.3, 0.4) is 0 Å². The number of hydrogen-bond donors (Lipinski definition) is 1. The molecule has 22 heavy (non-hydrogen) atoms. The first-order valence-corrected chi connectivity index (χ1v) is 8.37. The second-order valence-electron chi connectivity index (χ2n) is 5.79. The van der Waals surface area contributed by atoms with Gasteiger partial charge in [0.2, 0.25) is 5.91 Å². The normalized spacial score (nSPS) is 12.0. The second-order valence-corrected chi connectivity index (χ2v) is 7.17. The van der Waals surface area contributed by atoms with Crippen molar-refractivity contribution in [3.05, 3.63) is 58.7 Å². The first-order valence-electron chi connectivity index (χ1n) is 7.49. The lowest BCUT2D eigenvalue weighted by Gasteiger charge is -2.16. The van der Waals surface area contributed by atoms with E-state index in [4.69, 9.17) is 0 Å². The molecule has 0 aromatic heterocycles. The zero-order valence-corrected chi connectivity index (χ0v) is 14.7. The minimum absolute atomic E-state index is 0.0439. The lowest BCUT2D eigenvalue weighted by molar-refractivity contribution is -0.115. The molecule has 1 amide bonds. The number of para-hydroxylation sites is 1. The minimum Gasteiger partial charge on any atom is -0.325 e. The molecule has 1 atom stereocenters. The van der Waals surface area contributed by atoms with E-state index in [0.29, 0.717) is 0 Å². The Hall–Kier alpha value is -1.74. The van der Waals surface area contributed by atoms with Crippen molar-refractivity contribution in [3.8, 4) is 0 Å². The standard InChI is InChI=1S/C19H23NOS/c1-12-9-10-17(15(4)11-12)22-16(5)19(21)20-18-13(2)7-6-8-14(18)3/h6-11,16H,1-5H3,(H,20,21)/t16-/m0/s1. The summed E-state index contributed by atoms with van der Waals surface area (Å²) in [6, 6.07) is 12.4. The number of aryl methyl sites for hydroxylation is 4. The fourth-order valence-electron chi connectivity index (χ4n) is 2.41. The van der Waals surface area contributed by atoms with Crippen LogP contribution in [0.15, 0.2) is 41.3 Å². The van der Waals surface area contributed by atoms with Crippen LogP contribution in [0.2, 0.25) is 0 Å². The van der Waals surface area contributed by atoms with Crippen LogP contribution in [-0.4, -0.2) is 11.2 Å². The molecule has 2 aromatic carbocycles. The van der Waals surface area contributed by atoms with E-state index >= 15 is 0 Å². The highest BCUT2D eigenvalue weighted by molar-refractivity contribution is 8.00. The van der Waals surface area contributed by atoms with Crippen molar-refractivity contribution in [1.82, 2.24) is 0 Å². The Morgan fingerprint density at radius 2 is 1.64 bits per heavy atom. The first-order chi connectivity index (χ1) is 10.4. The fourth-order valence-corrected chi connectivity index (χ4v) is 3.35. The van der Waals surface area contributed by atoms with Crippen LogP contribution >= 0.6 is 11.8 Å². The van der Waals surface area contributed by atoms with Gasteiger partial charge in [-0.05, 0) is 57.4 Å². The van der Waals surface area contributed by atoms with Crippen molar-refractivity contribution in [2.75, 3.05) is 5.32 Å². The van der Waals surface area contributed by atoms with E-state index in [1.54, 1.807) is 11.8 Å². The lowest BCUT2D eigenvalue weighted by Crippen LogP contribution is -2.23. The number of rotatable bonds is 4. The zero-order valence-electron chi connectivity index (χ0n) is 13.9. The number of thioether (sulfide) groups is 1. The smallest absolute Gasteiger partial charge is 0.237 e. The van der Waals surface area contributed by atoms with E-state index in [9.17, 15) is 4.79 Å². The maximum absolute atomic E-state index is 12.5. The Morgan fingerprint density at radius 1 is 1.00 bits per heavy atom. The number of nitrogens with one attached hydrogen (secondary N) is 1. The van der Waals surface area contributed by atoms with Crippen LogP contribution in [0.1, 0.15) is 29.2 Å². The Labute approximate surface area is 137 Å². The maximum atomic E-state index is 12.5. The molecule has 116 valence electrons. The first kappa shape index (κ1) is 16.6. The van der Waals surface area contributed by atoms with Crippen LogP contribution < -0.4 is 5.32 Å². The quantitative estimate of drug-likeness (QED) is 0.801. The van der Waals surface area contributed by atoms with Gasteiger partial charge in [0, 0.05) is 10.6 Å². The molecule has 2 aromatic rings. The van der Waals surface area contributed by atoms with Gasteiger partial charge in [0.05, 0.1) is 5.25 Å². The number of carbonyl (C=O) groups excluding carboxylic acids is 1. The topological polar surface area (TPSA) is 29.1 Å². The van der Waals surface area contributed by atoms with Crippen molar-refractivity contribution in [2.45, 2.75) is 44.8 Å². The zero-order chi connectivity index (χ0) is 16.3. The van der Waals surface area contributed by atoms with Gasteiger partial charge in [-0.1, -0.05) is 35.9 Å². The van der Waals surface area contributed by atoms with Crippen LogP contribution in [0, 0.1) is 27.7 Å². The average molecular weight is 313 g/mol. The molecule has 2 nitrogen and oxygen atoms in total. The lowest BCUT2D eigenvalue weighted by atomic mass is 10.1. The number of hydrogen-bond acceptors (Lipinski definition) is 2. The summed E-state index contributed by atoms with van der Waals surface area (Å²) >= 11 is 1.61. The third-order valence-electron chi connectivity index (χ3n) is 3.73. The minimum atomic E-state index is -0.139. The average Bonchev–Trinajstić information content (AvgIpc) is 2.45. The molecule has 0 unspecified atom stereocenters. The molecular formula is C19H23NOS. The van der Waals surface area contributed by atoms with Crippen LogP contribution in [0.25, 0.3) is 0 Å². The predicted molar refractivity (Wildman–Crippen MR) is 95.8 cm³/mol. The summed E-state index contributed by atoms with van der Waals surface area (Å²) in [6.07, 6.45) is 0. The van der Waals surface area contributed by atoms with Gasteiger partial charge in [0.25, 0.3) is 0 Å². The summed E-state index contributed by atoms with van der Waals surface area (Å²) in [5.41, 5.74) is 5.58. The molecular weight excluding hydrogens is 290 g/mol. The Morgan fingerprint density at radius 3 is 2.23 bits per heavy atom. The number of amides is 1. The molecule has 0 aliphatic rings. The van der Waals surface area contributed by atoms with Gasteiger partial charge in [0.15, 0.2) is 0 Å². The monoisotopic (exact) mass is 313 g/mol. The van der Waals surface area contributed by atoms with Crippen LogP contribution in [0.4, 0.5) is 5.69 Å². The molecule has 0 radical (unpaired) electrons. The van der Waals surface area contributed by atoms with E-state index in [1.807, 2.05) is 39.0 Å². The van der Waals surface area contributed by atoms with E-state index < -0.39 is 0 Å². The van der Waals surface area contributed by atoms with Crippen LogP contribution in [-0.2, 0) is 4.79 Å². The molecule has 0 aliphatic heterocycles. The third-order valence-corrected chi connectivity index (χ3v) is 5.01. The molecule has 0 spiro atoms. The van der Waals surface area contributed by atoms with E-state index in [-0.39, 0.29) is 11.2 Å². The predicted octanol–water partition coefficient (Wildman–Crippen LogP) is 5.04. The van der Waals surface area contributed by atoms with Crippen molar-refractivity contribution >= 4 is 23.4 Å². The van der Waals surface area contributed by atoms with Gasteiger partial charge in [-0.15, -0.1) is 11.8 Å². The summed E-state index contributed by atoms with van der Waals surface area (Å²) in [6.45, 7) is 10.2. The fraction of sp³-hybridized carbons (Fsp3) is 0.316. The van der Waals surface area contributed by atoms with E-state index in [2.05, 4.69) is 37.4 Å². The molecule has 0 saturated carbocycles. The highest BCUT2D eigenvalue weighted by Gasteiger charge is 2.17. The van der Waals surface area contributed by atoms with E-state index in [0.717, 1.165) is 21.7 Å². The van der Waals surface area contributed by atoms with Crippen molar-refractivity contribution in [3.63, 3.8) is 0 Å². The largest absolute Gasteiger partial charge is 0.325 e. The Balaban J connectivity index is 2.09. The van der Waals surface area contributed by atoms with Crippen molar-refractivity contribution < 1.29 is 4.79 Å². The molecule has 2 rings (SSSR count). The van der Waals surface area contributed by atoms with Gasteiger partial charge in [-0.25, -0.2) is 0 Å². The molecule has 0 fully saturated rings. The number of carbonyl (C=O) groups is 1. The summed E-state index contributed by atoms with van der Waals surface area (Å²) in [5, 5.41) is 2.93. The van der Waals surface area contributed by atoms with Crippen molar-refractivity contribution in [2.24, 2.45) is 0 Å². The van der Waals surface area contributed by atoms with Gasteiger partial charge in [0.1, 0.15) is 0 Å².